The summed E-state index contributed by atoms with van der Waals surface area (Å²) in [5.41, 5.74) is 1.38. The highest BCUT2D eigenvalue weighted by Crippen LogP contribution is 2.27. The average Bonchev–Trinajstić information content (AvgIpc) is 3.09. The smallest absolute Gasteiger partial charge is 0.262 e. The first-order chi connectivity index (χ1) is 11.3. The van der Waals surface area contributed by atoms with Crippen LogP contribution < -0.4 is 10.6 Å². The van der Waals surface area contributed by atoms with Crippen LogP contribution in [0.2, 0.25) is 0 Å². The molecule has 2 N–H and O–H groups in total. The lowest BCUT2D eigenvalue weighted by molar-refractivity contribution is -0.118. The van der Waals surface area contributed by atoms with E-state index in [4.69, 9.17) is 0 Å². The summed E-state index contributed by atoms with van der Waals surface area (Å²) in [5, 5.41) is 5.39. The normalized spacial score (nSPS) is 18.6. The molecule has 1 aromatic heterocycles. The van der Waals surface area contributed by atoms with Gasteiger partial charge in [0.2, 0.25) is 5.91 Å². The first-order valence-corrected chi connectivity index (χ1v) is 8.26. The highest BCUT2D eigenvalue weighted by molar-refractivity contribution is 7.15. The predicted octanol–water partition coefficient (Wildman–Crippen LogP) is 3.54. The summed E-state index contributed by atoms with van der Waals surface area (Å²) in [4.78, 5) is 16.9. The Morgan fingerprint density at radius 2 is 2.24 bits per heavy atom. The Bertz CT molecular complexity index is 769. The number of alkyl halides is 2. The highest BCUT2D eigenvalue weighted by atomic mass is 35.5. The SMILES string of the molecule is Cc1ccc(Cc2cnc(NC(=O)C3CC(F)(F)CN3)s2)cc1F.Cl. The van der Waals surface area contributed by atoms with Crippen LogP contribution in [0.1, 0.15) is 22.4 Å². The second kappa shape index (κ2) is 7.72. The van der Waals surface area contributed by atoms with Crippen molar-refractivity contribution in [3.63, 3.8) is 0 Å². The van der Waals surface area contributed by atoms with Crippen molar-refractivity contribution in [3.8, 4) is 0 Å². The molecule has 1 atom stereocenters. The Labute approximate surface area is 153 Å². The molecule has 25 heavy (non-hydrogen) atoms. The number of aryl methyl sites for hydroxylation is 1. The summed E-state index contributed by atoms with van der Waals surface area (Å²) in [6.45, 7) is 1.20. The van der Waals surface area contributed by atoms with Gasteiger partial charge in [0, 0.05) is 23.9 Å². The van der Waals surface area contributed by atoms with Gasteiger partial charge in [-0.2, -0.15) is 0 Å². The third kappa shape index (κ3) is 4.93. The van der Waals surface area contributed by atoms with Crippen LogP contribution in [0.25, 0.3) is 0 Å². The van der Waals surface area contributed by atoms with Gasteiger partial charge < -0.3 is 5.32 Å². The van der Waals surface area contributed by atoms with E-state index in [0.29, 0.717) is 17.1 Å². The van der Waals surface area contributed by atoms with Crippen molar-refractivity contribution in [2.45, 2.75) is 31.7 Å². The molecular formula is C16H17ClF3N3OS. The molecule has 0 saturated carbocycles. The number of anilines is 1. The van der Waals surface area contributed by atoms with Gasteiger partial charge in [-0.1, -0.05) is 12.1 Å². The molecule has 0 spiro atoms. The van der Waals surface area contributed by atoms with Gasteiger partial charge in [0.1, 0.15) is 5.82 Å². The molecule has 1 saturated heterocycles. The Balaban J connectivity index is 0.00000225. The fourth-order valence-electron chi connectivity index (χ4n) is 2.49. The van der Waals surface area contributed by atoms with Gasteiger partial charge in [0.25, 0.3) is 5.92 Å². The molecule has 136 valence electrons. The van der Waals surface area contributed by atoms with E-state index in [1.807, 2.05) is 6.07 Å². The molecule has 0 bridgehead atoms. The minimum atomic E-state index is -2.86. The first kappa shape index (κ1) is 19.7. The molecular weight excluding hydrogens is 375 g/mol. The number of carbonyl (C=O) groups is 1. The van der Waals surface area contributed by atoms with Crippen molar-refractivity contribution in [2.24, 2.45) is 0 Å². The van der Waals surface area contributed by atoms with Crippen molar-refractivity contribution in [1.29, 1.82) is 0 Å². The third-order valence-corrected chi connectivity index (χ3v) is 4.74. The number of rotatable bonds is 4. The van der Waals surface area contributed by atoms with Crippen LogP contribution in [0.15, 0.2) is 24.4 Å². The van der Waals surface area contributed by atoms with Gasteiger partial charge in [-0.3, -0.25) is 10.1 Å². The number of halogens is 4. The van der Waals surface area contributed by atoms with Gasteiger partial charge in [0.05, 0.1) is 12.6 Å². The van der Waals surface area contributed by atoms with E-state index in [2.05, 4.69) is 15.6 Å². The molecule has 1 fully saturated rings. The number of benzene rings is 1. The zero-order valence-corrected chi connectivity index (χ0v) is 14.9. The maximum absolute atomic E-state index is 13.6. The van der Waals surface area contributed by atoms with Crippen LogP contribution in [0.3, 0.4) is 0 Å². The van der Waals surface area contributed by atoms with E-state index in [1.54, 1.807) is 19.2 Å². The fourth-order valence-corrected chi connectivity index (χ4v) is 3.34. The van der Waals surface area contributed by atoms with Gasteiger partial charge in [-0.15, -0.1) is 23.7 Å². The molecule has 9 heteroatoms. The topological polar surface area (TPSA) is 54.0 Å². The van der Waals surface area contributed by atoms with Crippen LogP contribution in [-0.4, -0.2) is 29.4 Å². The number of hydrogen-bond donors (Lipinski definition) is 2. The number of amides is 1. The van der Waals surface area contributed by atoms with Crippen molar-refractivity contribution in [1.82, 2.24) is 10.3 Å². The minimum absolute atomic E-state index is 0. The lowest BCUT2D eigenvalue weighted by Crippen LogP contribution is -2.35. The molecule has 3 rings (SSSR count). The molecule has 2 heterocycles. The number of carbonyl (C=O) groups excluding carboxylic acids is 1. The van der Waals surface area contributed by atoms with E-state index in [9.17, 15) is 18.0 Å². The minimum Gasteiger partial charge on any atom is -0.301 e. The fraction of sp³-hybridized carbons (Fsp3) is 0.375. The monoisotopic (exact) mass is 391 g/mol. The quantitative estimate of drug-likeness (QED) is 0.838. The predicted molar refractivity (Wildman–Crippen MR) is 93.3 cm³/mol. The molecule has 1 aliphatic rings. The third-order valence-electron chi connectivity index (χ3n) is 3.82. The van der Waals surface area contributed by atoms with E-state index in [0.717, 1.165) is 10.4 Å². The van der Waals surface area contributed by atoms with E-state index in [-0.39, 0.29) is 18.2 Å². The molecule has 0 aliphatic carbocycles. The number of nitrogens with zero attached hydrogens (tertiary/aromatic N) is 1. The Morgan fingerprint density at radius 1 is 1.48 bits per heavy atom. The van der Waals surface area contributed by atoms with Crippen LogP contribution >= 0.6 is 23.7 Å². The van der Waals surface area contributed by atoms with Gasteiger partial charge in [-0.25, -0.2) is 18.2 Å². The van der Waals surface area contributed by atoms with E-state index in [1.165, 1.54) is 17.4 Å². The van der Waals surface area contributed by atoms with Gasteiger partial charge in [0.15, 0.2) is 5.13 Å². The largest absolute Gasteiger partial charge is 0.301 e. The number of hydrogen-bond acceptors (Lipinski definition) is 4. The summed E-state index contributed by atoms with van der Waals surface area (Å²) in [6, 6.07) is 4.09. The van der Waals surface area contributed by atoms with Crippen molar-refractivity contribution >= 4 is 34.8 Å². The molecule has 1 amide bonds. The van der Waals surface area contributed by atoms with Gasteiger partial charge >= 0.3 is 0 Å². The van der Waals surface area contributed by atoms with E-state index < -0.39 is 30.8 Å². The Morgan fingerprint density at radius 3 is 2.88 bits per heavy atom. The summed E-state index contributed by atoms with van der Waals surface area (Å²) < 4.78 is 39.8. The van der Waals surface area contributed by atoms with Crippen LogP contribution in [0.5, 0.6) is 0 Å². The van der Waals surface area contributed by atoms with Gasteiger partial charge in [-0.05, 0) is 24.1 Å². The zero-order valence-electron chi connectivity index (χ0n) is 13.3. The average molecular weight is 392 g/mol. The molecule has 1 aromatic carbocycles. The second-order valence-electron chi connectivity index (χ2n) is 5.87. The summed E-state index contributed by atoms with van der Waals surface area (Å²) in [7, 11) is 0. The van der Waals surface area contributed by atoms with Crippen LogP contribution in [-0.2, 0) is 11.2 Å². The van der Waals surface area contributed by atoms with Crippen molar-refractivity contribution < 1.29 is 18.0 Å². The molecule has 0 radical (unpaired) electrons. The van der Waals surface area contributed by atoms with Crippen LogP contribution in [0.4, 0.5) is 18.3 Å². The lowest BCUT2D eigenvalue weighted by atomic mass is 10.1. The summed E-state index contributed by atoms with van der Waals surface area (Å²) >= 11 is 1.24. The first-order valence-electron chi connectivity index (χ1n) is 7.44. The molecule has 2 aromatic rings. The number of nitrogens with one attached hydrogen (secondary N) is 2. The number of aromatic nitrogens is 1. The number of thiazole rings is 1. The summed E-state index contributed by atoms with van der Waals surface area (Å²) in [5.74, 6) is -3.64. The van der Waals surface area contributed by atoms with Crippen molar-refractivity contribution in [3.05, 3.63) is 46.2 Å². The van der Waals surface area contributed by atoms with Crippen molar-refractivity contribution in [2.75, 3.05) is 11.9 Å². The molecule has 4 nitrogen and oxygen atoms in total. The van der Waals surface area contributed by atoms with E-state index >= 15 is 0 Å². The maximum Gasteiger partial charge on any atom is 0.262 e. The summed E-state index contributed by atoms with van der Waals surface area (Å²) in [6.07, 6.45) is 1.57. The lowest BCUT2D eigenvalue weighted by Gasteiger charge is -2.09. The molecule has 1 aliphatic heterocycles. The Hall–Kier alpha value is -1.64. The highest BCUT2D eigenvalue weighted by Gasteiger charge is 2.42. The maximum atomic E-state index is 13.6. The Kier molecular flexibility index (Phi) is 6.08. The second-order valence-corrected chi connectivity index (χ2v) is 6.99. The zero-order chi connectivity index (χ0) is 17.3. The standard InChI is InChI=1S/C16H16F3N3OS.ClH/c1-9-2-3-10(5-12(9)17)4-11-7-20-15(24-11)22-14(23)13-6-16(18,19)8-21-13;/h2-3,5,7,13,21H,4,6,8H2,1H3,(H,20,22,23);1H. The molecule has 1 unspecified atom stereocenters. The van der Waals surface area contributed by atoms with Crippen LogP contribution in [0, 0.1) is 12.7 Å².